The topological polar surface area (TPSA) is 151 Å². The first-order valence-electron chi connectivity index (χ1n) is 11.3. The molecule has 10 heteroatoms. The highest BCUT2D eigenvalue weighted by Crippen LogP contribution is 2.51. The Labute approximate surface area is 198 Å². The van der Waals surface area contributed by atoms with Crippen LogP contribution in [0.1, 0.15) is 68.3 Å². The number of phenols is 2. The number of hydrogen-bond donors (Lipinski definition) is 4. The van der Waals surface area contributed by atoms with Gasteiger partial charge in [0.2, 0.25) is 5.78 Å². The summed E-state index contributed by atoms with van der Waals surface area (Å²) in [5.74, 6) is -5.25. The Morgan fingerprint density at radius 1 is 1.09 bits per heavy atom. The van der Waals surface area contributed by atoms with Crippen LogP contribution in [0.25, 0.3) is 0 Å². The molecule has 2 aliphatic carbocycles. The van der Waals surface area contributed by atoms with Crippen LogP contribution < -0.4 is 0 Å². The molecule has 0 amide bonds. The lowest BCUT2D eigenvalue weighted by Gasteiger charge is -2.36. The second kappa shape index (κ2) is 8.80. The molecule has 1 fully saturated rings. The van der Waals surface area contributed by atoms with Gasteiger partial charge in [-0.1, -0.05) is 12.1 Å². The minimum absolute atomic E-state index is 0.00762. The molecule has 0 bridgehead atoms. The van der Waals surface area contributed by atoms with E-state index in [0.717, 1.165) is 6.07 Å². The van der Waals surface area contributed by atoms with Crippen molar-refractivity contribution in [2.75, 3.05) is 13.2 Å². The molecule has 0 radical (unpaired) electrons. The summed E-state index contributed by atoms with van der Waals surface area (Å²) in [7, 11) is 0. The third kappa shape index (κ3) is 3.73. The zero-order valence-corrected chi connectivity index (χ0v) is 18.5. The molecule has 1 aliphatic heterocycles. The van der Waals surface area contributed by atoms with Crippen LogP contribution in [-0.2, 0) is 20.7 Å². The van der Waals surface area contributed by atoms with E-state index in [1.54, 1.807) is 0 Å². The van der Waals surface area contributed by atoms with Crippen molar-refractivity contribution in [3.8, 4) is 11.5 Å². The smallest absolute Gasteiger partial charge is 0.201 e. The monoisotopic (exact) mass is 486 g/mol. The van der Waals surface area contributed by atoms with Crippen LogP contribution in [0.4, 0.5) is 4.39 Å². The number of ether oxygens (including phenoxy) is 2. The van der Waals surface area contributed by atoms with Crippen molar-refractivity contribution in [2.24, 2.45) is 5.92 Å². The highest BCUT2D eigenvalue weighted by Gasteiger charge is 2.44. The van der Waals surface area contributed by atoms with E-state index in [-0.39, 0.29) is 36.1 Å². The van der Waals surface area contributed by atoms with Gasteiger partial charge in [-0.25, -0.2) is 4.39 Å². The van der Waals surface area contributed by atoms with Gasteiger partial charge in [-0.15, -0.1) is 0 Å². The molecule has 4 N–H and O–H groups in total. The van der Waals surface area contributed by atoms with Gasteiger partial charge in [0.15, 0.2) is 17.9 Å². The van der Waals surface area contributed by atoms with Gasteiger partial charge in [-0.3, -0.25) is 14.4 Å². The van der Waals surface area contributed by atoms with Gasteiger partial charge in [0.25, 0.3) is 0 Å². The molecule has 9 nitrogen and oxygen atoms in total. The summed E-state index contributed by atoms with van der Waals surface area (Å²) in [6.07, 6.45) is -1.88. The molecule has 5 rings (SSSR count). The summed E-state index contributed by atoms with van der Waals surface area (Å²) >= 11 is 0. The molecular formula is C25H23FO9. The molecule has 4 atom stereocenters. The third-order valence-corrected chi connectivity index (χ3v) is 6.94. The van der Waals surface area contributed by atoms with Crippen LogP contribution in [0.5, 0.6) is 11.5 Å². The van der Waals surface area contributed by atoms with Crippen LogP contribution in [0.15, 0.2) is 18.2 Å². The van der Waals surface area contributed by atoms with Crippen molar-refractivity contribution in [3.05, 3.63) is 57.4 Å². The molecular weight excluding hydrogens is 463 g/mol. The fourth-order valence-electron chi connectivity index (χ4n) is 5.20. The normalized spacial score (nSPS) is 25.6. The Bertz CT molecular complexity index is 1250. The number of aromatic hydroxyl groups is 2. The van der Waals surface area contributed by atoms with Crippen LogP contribution in [-0.4, -0.2) is 63.4 Å². The Hall–Kier alpha value is -3.18. The van der Waals surface area contributed by atoms with Gasteiger partial charge in [-0.2, -0.15) is 0 Å². The zero-order valence-electron chi connectivity index (χ0n) is 18.5. The average Bonchev–Trinajstić information content (AvgIpc) is 2.85. The maximum Gasteiger partial charge on any atom is 0.201 e. The molecule has 35 heavy (non-hydrogen) atoms. The fraction of sp³-hybridized carbons (Fsp3) is 0.400. The Balaban J connectivity index is 1.66. The number of phenolic OH excluding ortho intramolecular Hbond substituents is 2. The summed E-state index contributed by atoms with van der Waals surface area (Å²) in [6, 6.07) is 3.55. The van der Waals surface area contributed by atoms with E-state index < -0.39 is 82.4 Å². The maximum absolute atomic E-state index is 14.5. The molecule has 0 aromatic heterocycles. The van der Waals surface area contributed by atoms with Crippen molar-refractivity contribution in [3.63, 3.8) is 0 Å². The second-order valence-corrected chi connectivity index (χ2v) is 9.04. The number of rotatable bonds is 4. The Kier molecular flexibility index (Phi) is 5.92. The van der Waals surface area contributed by atoms with Crippen LogP contribution >= 0.6 is 0 Å². The van der Waals surface area contributed by atoms with Crippen molar-refractivity contribution in [2.45, 2.75) is 44.2 Å². The molecule has 1 unspecified atom stereocenters. The molecule has 2 aromatic carbocycles. The lowest BCUT2D eigenvalue weighted by Crippen LogP contribution is -2.35. The Morgan fingerprint density at radius 2 is 1.83 bits per heavy atom. The molecule has 1 saturated heterocycles. The maximum atomic E-state index is 14.5. The molecule has 2 aromatic rings. The van der Waals surface area contributed by atoms with E-state index in [9.17, 15) is 39.2 Å². The lowest BCUT2D eigenvalue weighted by atomic mass is 9.73. The van der Waals surface area contributed by atoms with E-state index in [2.05, 4.69) is 0 Å². The first-order chi connectivity index (χ1) is 16.7. The summed E-state index contributed by atoms with van der Waals surface area (Å²) in [4.78, 5) is 38.8. The van der Waals surface area contributed by atoms with Crippen LogP contribution in [0, 0.1) is 11.7 Å². The number of halogens is 1. The average molecular weight is 486 g/mol. The van der Waals surface area contributed by atoms with Gasteiger partial charge in [-0.05, 0) is 25.3 Å². The number of ketones is 3. The largest absolute Gasteiger partial charge is 0.507 e. The number of fused-ring (bicyclic) bond motifs is 3. The lowest BCUT2D eigenvalue weighted by molar-refractivity contribution is -0.213. The first kappa shape index (κ1) is 23.6. The summed E-state index contributed by atoms with van der Waals surface area (Å²) in [5.41, 5.74) is -1.66. The molecule has 184 valence electrons. The Morgan fingerprint density at radius 3 is 2.51 bits per heavy atom. The number of aliphatic hydroxyl groups is 2. The highest BCUT2D eigenvalue weighted by molar-refractivity contribution is 6.30. The highest BCUT2D eigenvalue weighted by atomic mass is 19.1. The van der Waals surface area contributed by atoms with Crippen LogP contribution in [0.3, 0.4) is 0 Å². The SMILES string of the molecule is O=C1c2cccc(F)c2C(=O)c2c(O)c3c(c(O)c21)C[C@@H](C(=O)CO)C[C@@H]3OC1CC[C@H](O)CO1. The zero-order chi connectivity index (χ0) is 25.0. The first-order valence-corrected chi connectivity index (χ1v) is 11.3. The molecule has 1 heterocycles. The minimum atomic E-state index is -1.04. The molecule has 0 spiro atoms. The molecule has 3 aliphatic rings. The van der Waals surface area contributed by atoms with Crippen molar-refractivity contribution in [1.82, 2.24) is 0 Å². The number of aliphatic hydroxyl groups excluding tert-OH is 2. The predicted molar refractivity (Wildman–Crippen MR) is 116 cm³/mol. The number of carbonyl (C=O) groups is 3. The van der Waals surface area contributed by atoms with E-state index in [0.29, 0.717) is 12.8 Å². The van der Waals surface area contributed by atoms with E-state index in [4.69, 9.17) is 9.47 Å². The fourth-order valence-corrected chi connectivity index (χ4v) is 5.20. The van der Waals surface area contributed by atoms with Gasteiger partial charge < -0.3 is 29.9 Å². The van der Waals surface area contributed by atoms with Gasteiger partial charge in [0, 0.05) is 29.0 Å². The molecule has 0 saturated carbocycles. The number of carbonyl (C=O) groups excluding carboxylic acids is 3. The standard InChI is InChI=1S/C25H23FO9/c26-14-3-1-2-12-18(14)24(32)21-20(22(12)30)23(31)13-6-10(15(29)8-27)7-16(19(13)25(21)33)35-17-5-4-11(28)9-34-17/h1-3,10-11,16-17,27-28,31,33H,4-9H2/t10-,11+,16+,17?/m1/s1. The van der Waals surface area contributed by atoms with E-state index >= 15 is 0 Å². The van der Waals surface area contributed by atoms with Crippen molar-refractivity contribution < 1.29 is 48.7 Å². The summed E-state index contributed by atoms with van der Waals surface area (Å²) < 4.78 is 26.0. The second-order valence-electron chi connectivity index (χ2n) is 9.04. The van der Waals surface area contributed by atoms with Crippen LogP contribution in [0.2, 0.25) is 0 Å². The third-order valence-electron chi connectivity index (χ3n) is 6.94. The summed E-state index contributed by atoms with van der Waals surface area (Å²) in [6.45, 7) is -0.728. The van der Waals surface area contributed by atoms with Crippen molar-refractivity contribution >= 4 is 17.3 Å². The van der Waals surface area contributed by atoms with Gasteiger partial charge in [0.1, 0.15) is 23.9 Å². The summed E-state index contributed by atoms with van der Waals surface area (Å²) in [5, 5.41) is 41.5. The number of hydrogen-bond acceptors (Lipinski definition) is 9. The van der Waals surface area contributed by atoms with E-state index in [1.165, 1.54) is 12.1 Å². The van der Waals surface area contributed by atoms with E-state index in [1.807, 2.05) is 0 Å². The number of benzene rings is 2. The van der Waals surface area contributed by atoms with Gasteiger partial charge >= 0.3 is 0 Å². The number of Topliss-reactive ketones (excluding diaryl/α,β-unsaturated/α-hetero) is 1. The predicted octanol–water partition coefficient (Wildman–Crippen LogP) is 1.69. The minimum Gasteiger partial charge on any atom is -0.507 e. The quantitative estimate of drug-likeness (QED) is 0.404. The van der Waals surface area contributed by atoms with Crippen molar-refractivity contribution in [1.29, 1.82) is 0 Å². The van der Waals surface area contributed by atoms with Gasteiger partial charge in [0.05, 0.1) is 35.5 Å².